The first-order chi connectivity index (χ1) is 8.66. The molecule has 0 aromatic carbocycles. The predicted octanol–water partition coefficient (Wildman–Crippen LogP) is 0.433. The fourth-order valence-corrected chi connectivity index (χ4v) is 1.36. The van der Waals surface area contributed by atoms with Crippen molar-refractivity contribution < 1.29 is 14.7 Å². The second kappa shape index (κ2) is 5.09. The molecule has 7 heteroatoms. The molecular formula is C11H10N4O3. The fraction of sp³-hybridized carbons (Fsp3) is 0.0909. The minimum Gasteiger partial charge on any atom is -0.478 e. The van der Waals surface area contributed by atoms with E-state index < -0.39 is 5.97 Å². The van der Waals surface area contributed by atoms with Gasteiger partial charge in [0.05, 0.1) is 17.8 Å². The van der Waals surface area contributed by atoms with Crippen LogP contribution in [-0.2, 0) is 6.54 Å². The number of amides is 1. The average molecular weight is 246 g/mol. The molecule has 0 fully saturated rings. The zero-order valence-electron chi connectivity index (χ0n) is 9.25. The Bertz CT molecular complexity index is 565. The van der Waals surface area contributed by atoms with Crippen LogP contribution in [0.1, 0.15) is 26.5 Å². The van der Waals surface area contributed by atoms with Gasteiger partial charge in [0.25, 0.3) is 5.91 Å². The van der Waals surface area contributed by atoms with Crippen molar-refractivity contribution in [1.82, 2.24) is 20.5 Å². The molecule has 0 saturated carbocycles. The first-order valence-electron chi connectivity index (χ1n) is 5.12. The first-order valence-corrected chi connectivity index (χ1v) is 5.12. The van der Waals surface area contributed by atoms with Crippen LogP contribution in [0.25, 0.3) is 0 Å². The number of carboxylic acids is 1. The van der Waals surface area contributed by atoms with Crippen molar-refractivity contribution in [3.8, 4) is 0 Å². The fourth-order valence-electron chi connectivity index (χ4n) is 1.36. The zero-order valence-corrected chi connectivity index (χ0v) is 9.25. The standard InChI is InChI=1S/C11H10N4O3/c16-10(9-2-4-14-15-9)13-6-8-5-7(11(17)18)1-3-12-8/h1-5H,6H2,(H,13,16)(H,14,15)(H,17,18). The number of hydrogen-bond acceptors (Lipinski definition) is 4. The Morgan fingerprint density at radius 3 is 2.83 bits per heavy atom. The molecule has 3 N–H and O–H groups in total. The van der Waals surface area contributed by atoms with Crippen molar-refractivity contribution in [3.05, 3.63) is 47.5 Å². The van der Waals surface area contributed by atoms with E-state index in [4.69, 9.17) is 5.11 Å². The third-order valence-corrected chi connectivity index (χ3v) is 2.24. The van der Waals surface area contributed by atoms with Gasteiger partial charge in [-0.05, 0) is 18.2 Å². The average Bonchev–Trinajstić information content (AvgIpc) is 2.90. The van der Waals surface area contributed by atoms with Gasteiger partial charge >= 0.3 is 5.97 Å². The monoisotopic (exact) mass is 246 g/mol. The van der Waals surface area contributed by atoms with E-state index in [2.05, 4.69) is 20.5 Å². The van der Waals surface area contributed by atoms with Crippen LogP contribution in [-0.4, -0.2) is 32.2 Å². The second-order valence-electron chi connectivity index (χ2n) is 3.49. The highest BCUT2D eigenvalue weighted by Crippen LogP contribution is 2.02. The van der Waals surface area contributed by atoms with E-state index in [1.165, 1.54) is 30.6 Å². The van der Waals surface area contributed by atoms with Crippen LogP contribution in [0.2, 0.25) is 0 Å². The lowest BCUT2D eigenvalue weighted by molar-refractivity contribution is 0.0696. The number of H-pyrrole nitrogens is 1. The molecule has 2 rings (SSSR count). The van der Waals surface area contributed by atoms with E-state index in [-0.39, 0.29) is 18.0 Å². The maximum atomic E-state index is 11.6. The van der Waals surface area contributed by atoms with E-state index in [9.17, 15) is 9.59 Å². The van der Waals surface area contributed by atoms with Crippen LogP contribution in [0.15, 0.2) is 30.6 Å². The van der Waals surface area contributed by atoms with E-state index in [1.807, 2.05) is 0 Å². The third kappa shape index (κ3) is 2.70. The maximum absolute atomic E-state index is 11.6. The smallest absolute Gasteiger partial charge is 0.335 e. The number of pyridine rings is 1. The summed E-state index contributed by atoms with van der Waals surface area (Å²) in [6.45, 7) is 0.152. The molecule has 7 nitrogen and oxygen atoms in total. The van der Waals surface area contributed by atoms with Crippen LogP contribution < -0.4 is 5.32 Å². The minimum atomic E-state index is -1.03. The maximum Gasteiger partial charge on any atom is 0.335 e. The van der Waals surface area contributed by atoms with Crippen molar-refractivity contribution in [1.29, 1.82) is 0 Å². The lowest BCUT2D eigenvalue weighted by Crippen LogP contribution is -2.23. The lowest BCUT2D eigenvalue weighted by Gasteiger charge is -2.03. The number of nitrogens with zero attached hydrogens (tertiary/aromatic N) is 2. The molecule has 18 heavy (non-hydrogen) atoms. The van der Waals surface area contributed by atoms with Gasteiger partial charge in [-0.15, -0.1) is 0 Å². The number of carbonyl (C=O) groups is 2. The summed E-state index contributed by atoms with van der Waals surface area (Å²) >= 11 is 0. The van der Waals surface area contributed by atoms with Crippen molar-refractivity contribution in [2.75, 3.05) is 0 Å². The second-order valence-corrected chi connectivity index (χ2v) is 3.49. The predicted molar refractivity (Wildman–Crippen MR) is 61.0 cm³/mol. The summed E-state index contributed by atoms with van der Waals surface area (Å²) in [6.07, 6.45) is 2.86. The minimum absolute atomic E-state index is 0.135. The van der Waals surface area contributed by atoms with E-state index >= 15 is 0 Å². The topological polar surface area (TPSA) is 108 Å². The number of rotatable bonds is 4. The van der Waals surface area contributed by atoms with Gasteiger partial charge in [0.2, 0.25) is 0 Å². The number of aromatic nitrogens is 3. The molecule has 2 heterocycles. The van der Waals surface area contributed by atoms with Gasteiger partial charge in [0.15, 0.2) is 0 Å². The van der Waals surface area contributed by atoms with Crippen LogP contribution in [0.5, 0.6) is 0 Å². The molecule has 0 aliphatic rings. The summed E-state index contributed by atoms with van der Waals surface area (Å²) in [5.41, 5.74) is 0.947. The molecular weight excluding hydrogens is 236 g/mol. The van der Waals surface area contributed by atoms with Gasteiger partial charge in [-0.1, -0.05) is 0 Å². The van der Waals surface area contributed by atoms with Gasteiger partial charge in [-0.3, -0.25) is 14.9 Å². The Morgan fingerprint density at radius 1 is 1.33 bits per heavy atom. The lowest BCUT2D eigenvalue weighted by atomic mass is 10.2. The first kappa shape index (κ1) is 11.8. The molecule has 0 atom stereocenters. The summed E-state index contributed by atoms with van der Waals surface area (Å²) in [7, 11) is 0. The van der Waals surface area contributed by atoms with E-state index in [1.54, 1.807) is 0 Å². The number of aromatic carboxylic acids is 1. The van der Waals surface area contributed by atoms with Gasteiger partial charge in [0.1, 0.15) is 5.69 Å². The molecule has 0 radical (unpaired) electrons. The summed E-state index contributed by atoms with van der Waals surface area (Å²) < 4.78 is 0. The molecule has 0 aliphatic carbocycles. The molecule has 0 spiro atoms. The van der Waals surface area contributed by atoms with Gasteiger partial charge in [-0.25, -0.2) is 4.79 Å². The summed E-state index contributed by atoms with van der Waals surface area (Å²) in [4.78, 5) is 26.3. The SMILES string of the molecule is O=C(O)c1ccnc(CNC(=O)c2ccn[nH]2)c1. The summed E-state index contributed by atoms with van der Waals surface area (Å²) in [5.74, 6) is -1.35. The Kier molecular flexibility index (Phi) is 3.33. The van der Waals surface area contributed by atoms with Crippen molar-refractivity contribution >= 4 is 11.9 Å². The molecule has 0 bridgehead atoms. The number of hydrogen-bond donors (Lipinski definition) is 3. The zero-order chi connectivity index (χ0) is 13.0. The number of carboxylic acid groups (broad SMARTS) is 1. The summed E-state index contributed by atoms with van der Waals surface area (Å²) in [5, 5.41) is 17.6. The van der Waals surface area contributed by atoms with Crippen LogP contribution in [0.3, 0.4) is 0 Å². The molecule has 1 amide bonds. The highest BCUT2D eigenvalue weighted by Gasteiger charge is 2.08. The third-order valence-electron chi connectivity index (χ3n) is 2.24. The van der Waals surface area contributed by atoms with Crippen molar-refractivity contribution in [2.24, 2.45) is 0 Å². The Labute approximate surface area is 102 Å². The Balaban J connectivity index is 2.00. The van der Waals surface area contributed by atoms with Gasteiger partial charge < -0.3 is 10.4 Å². The van der Waals surface area contributed by atoms with Crippen LogP contribution >= 0.6 is 0 Å². The number of nitrogens with one attached hydrogen (secondary N) is 2. The van der Waals surface area contributed by atoms with E-state index in [0.29, 0.717) is 11.4 Å². The quantitative estimate of drug-likeness (QED) is 0.725. The molecule has 0 unspecified atom stereocenters. The van der Waals surface area contributed by atoms with Crippen molar-refractivity contribution in [3.63, 3.8) is 0 Å². The van der Waals surface area contributed by atoms with Crippen molar-refractivity contribution in [2.45, 2.75) is 6.54 Å². The van der Waals surface area contributed by atoms with E-state index in [0.717, 1.165) is 0 Å². The van der Waals surface area contributed by atoms with Gasteiger partial charge in [-0.2, -0.15) is 5.10 Å². The molecule has 0 aliphatic heterocycles. The number of carbonyl (C=O) groups excluding carboxylic acids is 1. The highest BCUT2D eigenvalue weighted by atomic mass is 16.4. The Hall–Kier alpha value is -2.70. The Morgan fingerprint density at radius 2 is 2.17 bits per heavy atom. The molecule has 2 aromatic rings. The summed E-state index contributed by atoms with van der Waals surface area (Å²) in [6, 6.07) is 4.34. The molecule has 2 aromatic heterocycles. The van der Waals surface area contributed by atoms with Gasteiger partial charge in [0, 0.05) is 12.4 Å². The van der Waals surface area contributed by atoms with Crippen LogP contribution in [0.4, 0.5) is 0 Å². The molecule has 0 saturated heterocycles. The number of aromatic amines is 1. The highest BCUT2D eigenvalue weighted by molar-refractivity contribution is 5.92. The largest absolute Gasteiger partial charge is 0.478 e. The molecule has 92 valence electrons. The normalized spacial score (nSPS) is 10.0. The van der Waals surface area contributed by atoms with Crippen LogP contribution in [0, 0.1) is 0 Å².